The van der Waals surface area contributed by atoms with Crippen LogP contribution in [0.1, 0.15) is 49.4 Å². The third kappa shape index (κ3) is 6.02. The third-order valence-electron chi connectivity index (χ3n) is 6.27. The van der Waals surface area contributed by atoms with Crippen molar-refractivity contribution in [1.29, 1.82) is 0 Å². The van der Waals surface area contributed by atoms with Gasteiger partial charge in [-0.3, -0.25) is 9.59 Å². The van der Waals surface area contributed by atoms with E-state index in [-0.39, 0.29) is 11.3 Å². The molecule has 37 heavy (non-hydrogen) atoms. The molecule has 4 rings (SSSR count). The van der Waals surface area contributed by atoms with E-state index < -0.39 is 17.7 Å². The molecule has 0 radical (unpaired) electrons. The number of ketones is 1. The fraction of sp³-hybridized carbons (Fsp3) is 0.290. The summed E-state index contributed by atoms with van der Waals surface area (Å²) in [5.41, 5.74) is 2.30. The minimum atomic E-state index is -0.718. The van der Waals surface area contributed by atoms with Gasteiger partial charge in [-0.1, -0.05) is 68.4 Å². The molecule has 0 bridgehead atoms. The number of likely N-dealkylation sites (tertiary alicyclic amines) is 1. The van der Waals surface area contributed by atoms with Crippen LogP contribution in [0.2, 0.25) is 0 Å². The van der Waals surface area contributed by atoms with Crippen molar-refractivity contribution in [2.75, 3.05) is 19.8 Å². The Hall–Kier alpha value is -4.06. The summed E-state index contributed by atoms with van der Waals surface area (Å²) in [5.74, 6) is -0.210. The van der Waals surface area contributed by atoms with Crippen LogP contribution in [0.3, 0.4) is 0 Å². The molecular weight excluding hydrogens is 466 g/mol. The first-order chi connectivity index (χ1) is 18.0. The molecule has 1 fully saturated rings. The van der Waals surface area contributed by atoms with Crippen molar-refractivity contribution < 1.29 is 24.2 Å². The molecule has 1 aliphatic rings. The Morgan fingerprint density at radius 2 is 1.51 bits per heavy atom. The zero-order chi connectivity index (χ0) is 26.2. The standard InChI is InChI=1S/C31H33NO5/c1-3-19-36-25-15-13-23(14-16-25)28-27(29(33)24-11-8-12-26(21-24)37-20-4-2)30(34)31(35)32(28)18-17-22-9-6-5-7-10-22/h5-16,21,28,33H,3-4,17-20H2,1-2H3. The molecule has 1 saturated heterocycles. The van der Waals surface area contributed by atoms with Gasteiger partial charge in [0.2, 0.25) is 0 Å². The van der Waals surface area contributed by atoms with Gasteiger partial charge < -0.3 is 19.5 Å². The molecule has 3 aromatic carbocycles. The highest BCUT2D eigenvalue weighted by atomic mass is 16.5. The number of benzene rings is 3. The maximum atomic E-state index is 13.3. The number of amides is 1. The molecule has 0 aliphatic carbocycles. The molecule has 1 unspecified atom stereocenters. The molecule has 1 amide bonds. The van der Waals surface area contributed by atoms with Crippen molar-refractivity contribution >= 4 is 17.4 Å². The molecule has 0 aromatic heterocycles. The van der Waals surface area contributed by atoms with E-state index in [0.717, 1.165) is 24.0 Å². The molecule has 192 valence electrons. The van der Waals surface area contributed by atoms with E-state index in [0.29, 0.717) is 43.2 Å². The number of aliphatic hydroxyl groups excluding tert-OH is 1. The van der Waals surface area contributed by atoms with Gasteiger partial charge in [-0.25, -0.2) is 0 Å². The smallest absolute Gasteiger partial charge is 0.295 e. The van der Waals surface area contributed by atoms with Crippen LogP contribution in [0, 0.1) is 0 Å². The predicted molar refractivity (Wildman–Crippen MR) is 144 cm³/mol. The first-order valence-corrected chi connectivity index (χ1v) is 12.8. The van der Waals surface area contributed by atoms with Gasteiger partial charge in [0.05, 0.1) is 24.8 Å². The van der Waals surface area contributed by atoms with Crippen LogP contribution in [0.5, 0.6) is 11.5 Å². The molecule has 6 heteroatoms. The number of carbonyl (C=O) groups is 2. The molecule has 6 nitrogen and oxygen atoms in total. The average molecular weight is 500 g/mol. The molecule has 1 heterocycles. The number of rotatable bonds is 11. The van der Waals surface area contributed by atoms with E-state index in [1.54, 1.807) is 29.2 Å². The molecule has 1 atom stereocenters. The molecular formula is C31H33NO5. The SMILES string of the molecule is CCCOc1ccc(C2C(=C(O)c3cccc(OCCC)c3)C(=O)C(=O)N2CCc2ccccc2)cc1. The van der Waals surface area contributed by atoms with E-state index in [1.807, 2.05) is 68.4 Å². The van der Waals surface area contributed by atoms with E-state index >= 15 is 0 Å². The van der Waals surface area contributed by atoms with Crippen LogP contribution in [0.15, 0.2) is 84.4 Å². The minimum Gasteiger partial charge on any atom is -0.507 e. The van der Waals surface area contributed by atoms with Crippen molar-refractivity contribution in [3.8, 4) is 11.5 Å². The Labute approximate surface area is 218 Å². The van der Waals surface area contributed by atoms with Crippen molar-refractivity contribution in [3.63, 3.8) is 0 Å². The zero-order valence-electron chi connectivity index (χ0n) is 21.4. The van der Waals surface area contributed by atoms with Crippen molar-refractivity contribution in [2.24, 2.45) is 0 Å². The summed E-state index contributed by atoms with van der Waals surface area (Å²) in [5, 5.41) is 11.4. The summed E-state index contributed by atoms with van der Waals surface area (Å²) >= 11 is 0. The number of hydrogen-bond donors (Lipinski definition) is 1. The summed E-state index contributed by atoms with van der Waals surface area (Å²) in [6.07, 6.45) is 2.32. The second-order valence-electron chi connectivity index (χ2n) is 9.02. The molecule has 0 spiro atoms. The number of ether oxygens (including phenoxy) is 2. The van der Waals surface area contributed by atoms with E-state index in [9.17, 15) is 14.7 Å². The summed E-state index contributed by atoms with van der Waals surface area (Å²) in [4.78, 5) is 28.1. The summed E-state index contributed by atoms with van der Waals surface area (Å²) in [6, 6.07) is 23.5. The Bertz CT molecular complexity index is 1250. The number of aliphatic hydroxyl groups is 1. The minimum absolute atomic E-state index is 0.0768. The lowest BCUT2D eigenvalue weighted by Crippen LogP contribution is -2.31. The summed E-state index contributed by atoms with van der Waals surface area (Å²) in [7, 11) is 0. The number of hydrogen-bond acceptors (Lipinski definition) is 5. The second-order valence-corrected chi connectivity index (χ2v) is 9.02. The lowest BCUT2D eigenvalue weighted by molar-refractivity contribution is -0.139. The van der Waals surface area contributed by atoms with Gasteiger partial charge in [-0.15, -0.1) is 0 Å². The van der Waals surface area contributed by atoms with Crippen molar-refractivity contribution in [3.05, 3.63) is 101 Å². The maximum absolute atomic E-state index is 13.3. The predicted octanol–water partition coefficient (Wildman–Crippen LogP) is 5.93. The fourth-order valence-electron chi connectivity index (χ4n) is 4.43. The van der Waals surface area contributed by atoms with Gasteiger partial charge in [0.25, 0.3) is 11.7 Å². The van der Waals surface area contributed by atoms with Gasteiger partial charge in [-0.05, 0) is 54.7 Å². The Kier molecular flexibility index (Phi) is 8.62. The maximum Gasteiger partial charge on any atom is 0.295 e. The number of nitrogens with zero attached hydrogens (tertiary/aromatic N) is 1. The van der Waals surface area contributed by atoms with Gasteiger partial charge in [-0.2, -0.15) is 0 Å². The van der Waals surface area contributed by atoms with Crippen molar-refractivity contribution in [2.45, 2.75) is 39.2 Å². The van der Waals surface area contributed by atoms with Crippen LogP contribution < -0.4 is 9.47 Å². The van der Waals surface area contributed by atoms with Crippen LogP contribution >= 0.6 is 0 Å². The monoisotopic (exact) mass is 499 g/mol. The topological polar surface area (TPSA) is 76.1 Å². The highest BCUT2D eigenvalue weighted by Crippen LogP contribution is 2.40. The number of carbonyl (C=O) groups excluding carboxylic acids is 2. The average Bonchev–Trinajstić information content (AvgIpc) is 3.19. The van der Waals surface area contributed by atoms with Gasteiger partial charge in [0.1, 0.15) is 17.3 Å². The quantitative estimate of drug-likeness (QED) is 0.201. The first kappa shape index (κ1) is 26.0. The normalized spacial score (nSPS) is 16.7. The van der Waals surface area contributed by atoms with Crippen LogP contribution in [-0.2, 0) is 16.0 Å². The number of Topliss-reactive ketones (excluding diaryl/α,β-unsaturated/α-hetero) is 1. The lowest BCUT2D eigenvalue weighted by atomic mass is 9.95. The van der Waals surface area contributed by atoms with Gasteiger partial charge >= 0.3 is 0 Å². The molecule has 3 aromatic rings. The molecule has 0 saturated carbocycles. The fourth-order valence-corrected chi connectivity index (χ4v) is 4.43. The van der Waals surface area contributed by atoms with E-state index in [1.165, 1.54) is 0 Å². The third-order valence-corrected chi connectivity index (χ3v) is 6.27. The van der Waals surface area contributed by atoms with Crippen molar-refractivity contribution in [1.82, 2.24) is 4.90 Å². The molecule has 1 N–H and O–H groups in total. The van der Waals surface area contributed by atoms with E-state index in [4.69, 9.17) is 9.47 Å². The first-order valence-electron chi connectivity index (χ1n) is 12.8. The highest BCUT2D eigenvalue weighted by molar-refractivity contribution is 6.46. The van der Waals surface area contributed by atoms with Crippen LogP contribution in [-0.4, -0.2) is 41.5 Å². The van der Waals surface area contributed by atoms with E-state index in [2.05, 4.69) is 0 Å². The van der Waals surface area contributed by atoms with Gasteiger partial charge in [0.15, 0.2) is 0 Å². The Balaban J connectivity index is 1.73. The van der Waals surface area contributed by atoms with Crippen LogP contribution in [0.4, 0.5) is 0 Å². The largest absolute Gasteiger partial charge is 0.507 e. The Morgan fingerprint density at radius 1 is 0.838 bits per heavy atom. The Morgan fingerprint density at radius 3 is 2.19 bits per heavy atom. The lowest BCUT2D eigenvalue weighted by Gasteiger charge is -2.25. The van der Waals surface area contributed by atoms with Crippen LogP contribution in [0.25, 0.3) is 5.76 Å². The second kappa shape index (κ2) is 12.3. The summed E-state index contributed by atoms with van der Waals surface area (Å²) in [6.45, 7) is 5.53. The molecule has 1 aliphatic heterocycles. The highest BCUT2D eigenvalue weighted by Gasteiger charge is 2.45. The zero-order valence-corrected chi connectivity index (χ0v) is 21.4. The van der Waals surface area contributed by atoms with Gasteiger partial charge in [0, 0.05) is 12.1 Å². The summed E-state index contributed by atoms with van der Waals surface area (Å²) < 4.78 is 11.4.